The van der Waals surface area contributed by atoms with E-state index in [1.54, 1.807) is 12.1 Å². The maximum absolute atomic E-state index is 10.6. The fraction of sp³-hybridized carbons (Fsp3) is 0.548. The predicted molar refractivity (Wildman–Crippen MR) is 150 cm³/mol. The van der Waals surface area contributed by atoms with Gasteiger partial charge in [0.05, 0.1) is 37.9 Å². The van der Waals surface area contributed by atoms with Gasteiger partial charge in [0.15, 0.2) is 0 Å². The summed E-state index contributed by atoms with van der Waals surface area (Å²) in [5, 5.41) is 101. The summed E-state index contributed by atoms with van der Waals surface area (Å²) in [7, 11) is 0. The number of hydrogen-bond acceptors (Lipinski definition) is 12. The van der Waals surface area contributed by atoms with Gasteiger partial charge in [0.2, 0.25) is 0 Å². The number of aliphatic hydroxyl groups excluding tert-OH is 10. The third-order valence-corrected chi connectivity index (χ3v) is 8.92. The monoisotopic (exact) mass is 602 g/mol. The smallest absolute Gasteiger partial charge is 0.147 e. The number of ether oxygens (including phenoxy) is 2. The van der Waals surface area contributed by atoms with E-state index in [4.69, 9.17) is 9.47 Å². The molecule has 0 bridgehead atoms. The molecule has 0 radical (unpaired) electrons. The minimum Gasteiger partial charge on any atom is -0.395 e. The molecule has 12 nitrogen and oxygen atoms in total. The van der Waals surface area contributed by atoms with Crippen molar-refractivity contribution in [2.45, 2.75) is 79.3 Å². The summed E-state index contributed by atoms with van der Waals surface area (Å²) in [6.07, 6.45) is -12.2. The standard InChI is InChI=1S/C31H38O12/c32-11-23-27(38)29(40)25(36)21(42-23)7-3-15-1-5-17-18-6-2-16(10-20(18)31(13-34,14-35)19(17)9-15)4-8-22-26(37)30(41)28(39)24(12-33)43-22/h1-2,5-6,9-10,21-30,32-41H,3,7,11-14H2/t21-,22-,23-,24-,25-,26-,27-,28-,29-,30-/m1/s1. The first-order valence-corrected chi connectivity index (χ1v) is 14.2. The second-order valence-electron chi connectivity index (χ2n) is 11.5. The molecule has 0 spiro atoms. The van der Waals surface area contributed by atoms with Gasteiger partial charge in [-0.3, -0.25) is 0 Å². The fourth-order valence-electron chi connectivity index (χ4n) is 6.27. The van der Waals surface area contributed by atoms with Crippen molar-refractivity contribution in [2.24, 2.45) is 0 Å². The topological polar surface area (TPSA) is 221 Å². The average Bonchev–Trinajstić information content (AvgIpc) is 3.30. The molecule has 2 heterocycles. The first kappa shape index (κ1) is 31.9. The van der Waals surface area contributed by atoms with Crippen molar-refractivity contribution < 1.29 is 60.5 Å². The Hall–Kier alpha value is -2.48. The molecule has 2 aliphatic heterocycles. The number of fused-ring (bicyclic) bond motifs is 3. The van der Waals surface area contributed by atoms with Crippen LogP contribution in [0, 0.1) is 11.8 Å². The van der Waals surface area contributed by atoms with Crippen LogP contribution in [-0.2, 0) is 21.3 Å². The highest BCUT2D eigenvalue weighted by Gasteiger charge is 2.45. The normalized spacial score (nSPS) is 34.7. The number of benzene rings is 2. The molecule has 2 saturated heterocycles. The lowest BCUT2D eigenvalue weighted by Crippen LogP contribution is -2.58. The zero-order valence-electron chi connectivity index (χ0n) is 23.3. The van der Waals surface area contributed by atoms with Crippen LogP contribution >= 0.6 is 0 Å². The van der Waals surface area contributed by atoms with E-state index in [2.05, 4.69) is 11.8 Å². The molecule has 2 aromatic rings. The highest BCUT2D eigenvalue weighted by molar-refractivity contribution is 5.82. The summed E-state index contributed by atoms with van der Waals surface area (Å²) in [5.41, 5.74) is 3.07. The minimum atomic E-state index is -1.55. The van der Waals surface area contributed by atoms with Crippen molar-refractivity contribution in [3.05, 3.63) is 58.7 Å². The Kier molecular flexibility index (Phi) is 9.55. The Balaban J connectivity index is 1.39. The van der Waals surface area contributed by atoms with Crippen molar-refractivity contribution in [1.29, 1.82) is 0 Å². The van der Waals surface area contributed by atoms with E-state index < -0.39 is 92.9 Å². The van der Waals surface area contributed by atoms with Crippen molar-refractivity contribution in [2.75, 3.05) is 26.4 Å². The van der Waals surface area contributed by atoms with E-state index in [1.165, 1.54) is 0 Å². The second kappa shape index (κ2) is 12.9. The molecule has 0 unspecified atom stereocenters. The van der Waals surface area contributed by atoms with Crippen LogP contribution in [0.25, 0.3) is 11.1 Å². The Bertz CT molecular complexity index is 1350. The summed E-state index contributed by atoms with van der Waals surface area (Å²) in [6, 6.07) is 10.9. The summed E-state index contributed by atoms with van der Waals surface area (Å²) < 4.78 is 11.1. The summed E-state index contributed by atoms with van der Waals surface area (Å²) in [5.74, 6) is 5.63. The van der Waals surface area contributed by atoms with Crippen LogP contribution in [-0.4, -0.2) is 139 Å². The van der Waals surface area contributed by atoms with E-state index in [1.807, 2.05) is 24.3 Å². The zero-order valence-corrected chi connectivity index (χ0v) is 23.3. The van der Waals surface area contributed by atoms with Crippen molar-refractivity contribution in [1.82, 2.24) is 0 Å². The van der Waals surface area contributed by atoms with Crippen LogP contribution in [0.3, 0.4) is 0 Å². The van der Waals surface area contributed by atoms with Gasteiger partial charge in [-0.15, -0.1) is 0 Å². The molecule has 234 valence electrons. The molecule has 3 aliphatic rings. The van der Waals surface area contributed by atoms with Gasteiger partial charge in [0.25, 0.3) is 0 Å². The minimum absolute atomic E-state index is 0.274. The summed E-state index contributed by atoms with van der Waals surface area (Å²) in [6.45, 7) is -1.91. The lowest BCUT2D eigenvalue weighted by Gasteiger charge is -2.40. The van der Waals surface area contributed by atoms with Crippen LogP contribution < -0.4 is 0 Å². The van der Waals surface area contributed by atoms with E-state index in [9.17, 15) is 51.1 Å². The molecule has 2 aromatic carbocycles. The van der Waals surface area contributed by atoms with Gasteiger partial charge in [-0.1, -0.05) is 36.1 Å². The van der Waals surface area contributed by atoms with Gasteiger partial charge in [-0.2, -0.15) is 0 Å². The number of aryl methyl sites for hydroxylation is 1. The van der Waals surface area contributed by atoms with Gasteiger partial charge >= 0.3 is 0 Å². The molecular weight excluding hydrogens is 564 g/mol. The van der Waals surface area contributed by atoms with E-state index >= 15 is 0 Å². The number of aliphatic hydroxyl groups is 10. The molecule has 1 aliphatic carbocycles. The molecule has 10 N–H and O–H groups in total. The van der Waals surface area contributed by atoms with Gasteiger partial charge in [0, 0.05) is 5.56 Å². The predicted octanol–water partition coefficient (Wildman–Crippen LogP) is -3.09. The molecule has 2 fully saturated rings. The Morgan fingerprint density at radius 1 is 0.628 bits per heavy atom. The third kappa shape index (κ3) is 5.62. The Morgan fingerprint density at radius 2 is 1.19 bits per heavy atom. The first-order valence-electron chi connectivity index (χ1n) is 14.2. The van der Waals surface area contributed by atoms with Crippen molar-refractivity contribution in [3.8, 4) is 23.0 Å². The fourth-order valence-corrected chi connectivity index (χ4v) is 6.27. The number of rotatable bonds is 7. The lowest BCUT2D eigenvalue weighted by molar-refractivity contribution is -0.230. The molecule has 12 heteroatoms. The molecular formula is C31H38O12. The molecule has 43 heavy (non-hydrogen) atoms. The van der Waals surface area contributed by atoms with E-state index in [-0.39, 0.29) is 6.42 Å². The molecule has 10 atom stereocenters. The molecule has 5 rings (SSSR count). The van der Waals surface area contributed by atoms with Crippen molar-refractivity contribution in [3.63, 3.8) is 0 Å². The van der Waals surface area contributed by atoms with Crippen LogP contribution in [0.4, 0.5) is 0 Å². The van der Waals surface area contributed by atoms with Crippen molar-refractivity contribution >= 4 is 0 Å². The van der Waals surface area contributed by atoms with Crippen LogP contribution in [0.1, 0.15) is 28.7 Å². The molecule has 0 amide bonds. The highest BCUT2D eigenvalue weighted by Crippen LogP contribution is 2.49. The SMILES string of the molecule is OC[C@H]1O[C@H](CCc2ccc3c(c2)C(CO)(CO)c2cc(C#C[C@H]4O[C@H](CO)[C@@H](O)[C@H](O)[C@@H]4O)ccc2-3)[C@@H](O)[C@@H](O)[C@@H]1O. The van der Waals surface area contributed by atoms with Gasteiger partial charge in [0.1, 0.15) is 54.9 Å². The molecule has 0 aromatic heterocycles. The third-order valence-electron chi connectivity index (χ3n) is 8.92. The zero-order chi connectivity index (χ0) is 31.1. The van der Waals surface area contributed by atoms with Crippen LogP contribution in [0.5, 0.6) is 0 Å². The van der Waals surface area contributed by atoms with Gasteiger partial charge < -0.3 is 60.5 Å². The highest BCUT2D eigenvalue weighted by atomic mass is 16.5. The Labute approximate surface area is 248 Å². The summed E-state index contributed by atoms with van der Waals surface area (Å²) in [4.78, 5) is 0. The Morgan fingerprint density at radius 3 is 1.81 bits per heavy atom. The number of hydrogen-bond donors (Lipinski definition) is 10. The average molecular weight is 603 g/mol. The maximum Gasteiger partial charge on any atom is 0.147 e. The van der Waals surface area contributed by atoms with E-state index in [0.29, 0.717) is 23.1 Å². The van der Waals surface area contributed by atoms with Gasteiger partial charge in [-0.05, 0) is 52.8 Å². The largest absolute Gasteiger partial charge is 0.395 e. The lowest BCUT2D eigenvalue weighted by atomic mass is 9.78. The quantitative estimate of drug-likeness (QED) is 0.143. The second-order valence-corrected chi connectivity index (χ2v) is 11.5. The van der Waals surface area contributed by atoms with Crippen LogP contribution in [0.2, 0.25) is 0 Å². The van der Waals surface area contributed by atoms with E-state index in [0.717, 1.165) is 16.7 Å². The molecule has 0 saturated carbocycles. The van der Waals surface area contributed by atoms with Gasteiger partial charge in [-0.25, -0.2) is 0 Å². The maximum atomic E-state index is 10.6. The summed E-state index contributed by atoms with van der Waals surface area (Å²) >= 11 is 0. The first-order chi connectivity index (χ1) is 20.6. The van der Waals surface area contributed by atoms with Crippen LogP contribution in [0.15, 0.2) is 36.4 Å².